The number of hydrogen-bond acceptors (Lipinski definition) is 5. The fraction of sp³-hybridized carbons (Fsp3) is 0.368. The summed E-state index contributed by atoms with van der Waals surface area (Å²) in [6, 6.07) is 5.73. The summed E-state index contributed by atoms with van der Waals surface area (Å²) in [4.78, 5) is 26.8. The summed E-state index contributed by atoms with van der Waals surface area (Å²) in [7, 11) is 0. The van der Waals surface area contributed by atoms with Gasteiger partial charge in [-0.15, -0.1) is 0 Å². The molecular formula is C19H22N4O2. The van der Waals surface area contributed by atoms with Crippen LogP contribution in [0.1, 0.15) is 32.9 Å². The van der Waals surface area contributed by atoms with Crippen molar-refractivity contribution in [2.24, 2.45) is 0 Å². The minimum atomic E-state index is -0.474. The molecule has 1 amide bonds. The van der Waals surface area contributed by atoms with Gasteiger partial charge >= 0.3 is 6.09 Å². The fourth-order valence-electron chi connectivity index (χ4n) is 2.56. The maximum Gasteiger partial charge on any atom is 0.410 e. The van der Waals surface area contributed by atoms with Gasteiger partial charge in [0.05, 0.1) is 5.69 Å². The first-order chi connectivity index (χ1) is 11.9. The molecule has 6 nitrogen and oxygen atoms in total. The van der Waals surface area contributed by atoms with Crippen LogP contribution >= 0.6 is 0 Å². The summed E-state index contributed by atoms with van der Waals surface area (Å²) in [6.45, 7) is 6.79. The van der Waals surface area contributed by atoms with Gasteiger partial charge < -0.3 is 9.64 Å². The second-order valence-corrected chi connectivity index (χ2v) is 6.91. The van der Waals surface area contributed by atoms with Crippen LogP contribution in [0.25, 0.3) is 17.0 Å². The van der Waals surface area contributed by atoms with Gasteiger partial charge in [-0.3, -0.25) is 4.98 Å². The number of ether oxygens (including phenoxy) is 1. The number of rotatable bonds is 2. The maximum absolute atomic E-state index is 12.1. The molecule has 3 rings (SSSR count). The summed E-state index contributed by atoms with van der Waals surface area (Å²) in [5, 5.41) is 0. The van der Waals surface area contributed by atoms with Crippen LogP contribution in [-0.2, 0) is 4.74 Å². The molecule has 0 bridgehead atoms. The number of carbonyl (C=O) groups excluding carboxylic acids is 1. The lowest BCUT2D eigenvalue weighted by atomic mass is 10.0. The Labute approximate surface area is 147 Å². The highest BCUT2D eigenvalue weighted by atomic mass is 16.6. The maximum atomic E-state index is 12.1. The highest BCUT2D eigenvalue weighted by Gasteiger charge is 2.24. The van der Waals surface area contributed by atoms with Crippen molar-refractivity contribution in [3.8, 4) is 11.4 Å². The van der Waals surface area contributed by atoms with Crippen LogP contribution in [0, 0.1) is 0 Å². The topological polar surface area (TPSA) is 68.2 Å². The predicted octanol–water partition coefficient (Wildman–Crippen LogP) is 3.56. The van der Waals surface area contributed by atoms with Gasteiger partial charge in [0, 0.05) is 37.2 Å². The monoisotopic (exact) mass is 338 g/mol. The molecule has 0 aromatic carbocycles. The van der Waals surface area contributed by atoms with Crippen LogP contribution in [0.4, 0.5) is 4.79 Å². The fourth-order valence-corrected chi connectivity index (χ4v) is 2.56. The molecule has 0 aliphatic carbocycles. The van der Waals surface area contributed by atoms with Gasteiger partial charge in [-0.1, -0.05) is 6.08 Å². The summed E-state index contributed by atoms with van der Waals surface area (Å²) in [5.74, 6) is 0.662. The zero-order valence-corrected chi connectivity index (χ0v) is 14.8. The van der Waals surface area contributed by atoms with Crippen LogP contribution < -0.4 is 0 Å². The quantitative estimate of drug-likeness (QED) is 0.837. The summed E-state index contributed by atoms with van der Waals surface area (Å²) >= 11 is 0. The van der Waals surface area contributed by atoms with Crippen molar-refractivity contribution in [1.29, 1.82) is 0 Å². The minimum Gasteiger partial charge on any atom is -0.444 e. The Hall–Kier alpha value is -2.76. The third-order valence-corrected chi connectivity index (χ3v) is 3.78. The number of nitrogens with zero attached hydrogens (tertiary/aromatic N) is 4. The lowest BCUT2D eigenvalue weighted by molar-refractivity contribution is 0.0270. The van der Waals surface area contributed by atoms with Crippen LogP contribution in [0.5, 0.6) is 0 Å². The van der Waals surface area contributed by atoms with Gasteiger partial charge in [-0.2, -0.15) is 0 Å². The average molecular weight is 338 g/mol. The molecule has 0 radical (unpaired) electrons. The first kappa shape index (κ1) is 17.1. The molecule has 0 fully saturated rings. The first-order valence-corrected chi connectivity index (χ1v) is 8.33. The molecule has 0 saturated carbocycles. The highest BCUT2D eigenvalue weighted by molar-refractivity contribution is 5.72. The van der Waals surface area contributed by atoms with E-state index in [1.54, 1.807) is 29.6 Å². The van der Waals surface area contributed by atoms with Crippen LogP contribution in [0.3, 0.4) is 0 Å². The Balaban J connectivity index is 1.67. The van der Waals surface area contributed by atoms with E-state index < -0.39 is 5.60 Å². The molecule has 0 spiro atoms. The molecule has 0 N–H and O–H groups in total. The van der Waals surface area contributed by atoms with Crippen LogP contribution in [-0.4, -0.2) is 44.6 Å². The van der Waals surface area contributed by atoms with E-state index in [1.807, 2.05) is 39.0 Å². The number of aromatic nitrogens is 3. The van der Waals surface area contributed by atoms with E-state index in [-0.39, 0.29) is 6.09 Å². The average Bonchev–Trinajstić information content (AvgIpc) is 2.61. The number of amides is 1. The second-order valence-electron chi connectivity index (χ2n) is 6.91. The van der Waals surface area contributed by atoms with Gasteiger partial charge in [-0.25, -0.2) is 14.8 Å². The van der Waals surface area contributed by atoms with E-state index in [0.29, 0.717) is 18.9 Å². The molecule has 6 heteroatoms. The largest absolute Gasteiger partial charge is 0.444 e. The van der Waals surface area contributed by atoms with Gasteiger partial charge in [-0.05, 0) is 51.0 Å². The standard InChI is InChI=1S/C19H22N4O2/c1-19(2,3)25-18(24)23-11-7-14(8-12-23)16-6-5-15(13-22-16)17-20-9-4-10-21-17/h4-7,9-10,13H,8,11-12H2,1-3H3. The molecule has 2 aromatic heterocycles. The van der Waals surface area contributed by atoms with E-state index in [2.05, 4.69) is 15.0 Å². The molecule has 2 aromatic rings. The highest BCUT2D eigenvalue weighted by Crippen LogP contribution is 2.23. The minimum absolute atomic E-state index is 0.271. The molecule has 1 aliphatic rings. The normalized spacial score (nSPS) is 14.8. The van der Waals surface area contributed by atoms with E-state index in [1.165, 1.54) is 0 Å². The van der Waals surface area contributed by atoms with Crippen molar-refractivity contribution in [2.75, 3.05) is 13.1 Å². The molecule has 25 heavy (non-hydrogen) atoms. The van der Waals surface area contributed by atoms with Crippen molar-refractivity contribution in [1.82, 2.24) is 19.9 Å². The third kappa shape index (κ3) is 4.41. The molecule has 0 unspecified atom stereocenters. The zero-order chi connectivity index (χ0) is 17.9. The van der Waals surface area contributed by atoms with Crippen molar-refractivity contribution < 1.29 is 9.53 Å². The van der Waals surface area contributed by atoms with Gasteiger partial charge in [0.1, 0.15) is 5.60 Å². The van der Waals surface area contributed by atoms with E-state index in [4.69, 9.17) is 4.74 Å². The Kier molecular flexibility index (Phi) is 4.79. The smallest absolute Gasteiger partial charge is 0.410 e. The third-order valence-electron chi connectivity index (χ3n) is 3.78. The summed E-state index contributed by atoms with van der Waals surface area (Å²) in [5.41, 5.74) is 2.47. The first-order valence-electron chi connectivity index (χ1n) is 8.33. The molecule has 0 saturated heterocycles. The number of carbonyl (C=O) groups is 1. The van der Waals surface area contributed by atoms with Crippen molar-refractivity contribution in [3.05, 3.63) is 48.6 Å². The van der Waals surface area contributed by atoms with Gasteiger partial charge in [0.15, 0.2) is 5.82 Å². The second kappa shape index (κ2) is 7.01. The van der Waals surface area contributed by atoms with Crippen molar-refractivity contribution >= 4 is 11.7 Å². The number of hydrogen-bond donors (Lipinski definition) is 0. The molecule has 1 aliphatic heterocycles. The molecule has 130 valence electrons. The van der Waals surface area contributed by atoms with E-state index >= 15 is 0 Å². The summed E-state index contributed by atoms with van der Waals surface area (Å²) in [6.07, 6.45) is 7.73. The van der Waals surface area contributed by atoms with Gasteiger partial charge in [0.25, 0.3) is 0 Å². The zero-order valence-electron chi connectivity index (χ0n) is 14.8. The van der Waals surface area contributed by atoms with E-state index in [0.717, 1.165) is 23.3 Å². The molecular weight excluding hydrogens is 316 g/mol. The Morgan fingerprint density at radius 1 is 1.16 bits per heavy atom. The Morgan fingerprint density at radius 2 is 1.92 bits per heavy atom. The number of pyridine rings is 1. The van der Waals surface area contributed by atoms with Crippen LogP contribution in [0.2, 0.25) is 0 Å². The Bertz CT molecular complexity index is 764. The van der Waals surface area contributed by atoms with Crippen molar-refractivity contribution in [3.63, 3.8) is 0 Å². The molecule has 3 heterocycles. The van der Waals surface area contributed by atoms with Crippen molar-refractivity contribution in [2.45, 2.75) is 32.8 Å². The molecule has 0 atom stereocenters. The SMILES string of the molecule is CC(C)(C)OC(=O)N1CC=C(c2ccc(-c3ncccn3)cn2)CC1. The Morgan fingerprint density at radius 3 is 2.48 bits per heavy atom. The van der Waals surface area contributed by atoms with Gasteiger partial charge in [0.2, 0.25) is 0 Å². The lowest BCUT2D eigenvalue weighted by Crippen LogP contribution is -2.39. The van der Waals surface area contributed by atoms with E-state index in [9.17, 15) is 4.79 Å². The van der Waals surface area contributed by atoms with Crippen LogP contribution in [0.15, 0.2) is 42.9 Å². The predicted molar refractivity (Wildman–Crippen MR) is 95.7 cm³/mol. The summed E-state index contributed by atoms with van der Waals surface area (Å²) < 4.78 is 5.41. The lowest BCUT2D eigenvalue weighted by Gasteiger charge is -2.29.